The zero-order valence-corrected chi connectivity index (χ0v) is 25.3. The lowest BCUT2D eigenvalue weighted by Gasteiger charge is -2.39. The summed E-state index contributed by atoms with van der Waals surface area (Å²) < 4.78 is 43.7. The lowest BCUT2D eigenvalue weighted by Crippen LogP contribution is -2.50. The number of carboxylic acid groups (broad SMARTS) is 1. The van der Waals surface area contributed by atoms with Crippen molar-refractivity contribution in [1.82, 2.24) is 14.9 Å². The molecule has 2 atom stereocenters. The summed E-state index contributed by atoms with van der Waals surface area (Å²) in [5.41, 5.74) is 4.26. The van der Waals surface area contributed by atoms with Gasteiger partial charge in [0.15, 0.2) is 11.6 Å². The third kappa shape index (κ3) is 6.33. The molecule has 1 saturated heterocycles. The fourth-order valence-electron chi connectivity index (χ4n) is 5.87. The Hall–Kier alpha value is -4.64. The van der Waals surface area contributed by atoms with Gasteiger partial charge in [-0.3, -0.25) is 0 Å². The van der Waals surface area contributed by atoms with Gasteiger partial charge < -0.3 is 20.2 Å². The normalized spacial score (nSPS) is 16.1. The van der Waals surface area contributed by atoms with Crippen LogP contribution in [0.2, 0.25) is 0 Å². The van der Waals surface area contributed by atoms with Gasteiger partial charge in [-0.05, 0) is 93.4 Å². The number of hydrogen-bond acceptors (Lipinski definition) is 6. The molecular weight excluding hydrogens is 569 g/mol. The first-order chi connectivity index (χ1) is 20.9. The summed E-state index contributed by atoms with van der Waals surface area (Å²) in [7, 11) is 2.05. The molecule has 1 aliphatic rings. The van der Waals surface area contributed by atoms with Crippen molar-refractivity contribution in [2.75, 3.05) is 41.8 Å². The Kier molecular flexibility index (Phi) is 8.78. The second-order valence-corrected chi connectivity index (χ2v) is 11.3. The number of piperazine rings is 1. The van der Waals surface area contributed by atoms with Crippen molar-refractivity contribution >= 4 is 29.2 Å². The van der Waals surface area contributed by atoms with Crippen molar-refractivity contribution in [3.05, 3.63) is 106 Å². The molecule has 1 amide bonds. The van der Waals surface area contributed by atoms with Crippen LogP contribution in [0.3, 0.4) is 0 Å². The molecule has 2 heterocycles. The Morgan fingerprint density at radius 3 is 2.34 bits per heavy atom. The van der Waals surface area contributed by atoms with E-state index in [1.54, 1.807) is 12.1 Å². The fraction of sp³-hybridized carbons (Fsp3) is 0.303. The van der Waals surface area contributed by atoms with Crippen molar-refractivity contribution in [3.8, 4) is 0 Å². The molecule has 1 fully saturated rings. The standard InChI is InChI=1S/C33H35F3N6O2/c1-19-14-20(2)30(21(3)15-19)31(23-6-8-25(34)26(35)16-23)42(33(43)44)29-10-11-37-32(39-29)38-24-7-9-28(27(36)17-24)41-13-12-40(5)22(4)18-41/h6-11,14-17,22,31H,12-13,18H2,1-5H3,(H,43,44)(H,37,38,39). The van der Waals surface area contributed by atoms with E-state index >= 15 is 4.39 Å². The molecule has 0 radical (unpaired) electrons. The summed E-state index contributed by atoms with van der Waals surface area (Å²) in [5.74, 6) is -2.51. The Morgan fingerprint density at radius 2 is 1.70 bits per heavy atom. The molecule has 44 heavy (non-hydrogen) atoms. The maximum Gasteiger partial charge on any atom is 0.413 e. The zero-order valence-electron chi connectivity index (χ0n) is 25.3. The summed E-state index contributed by atoms with van der Waals surface area (Å²) in [4.78, 5) is 26.8. The Labute approximate surface area is 254 Å². The van der Waals surface area contributed by atoms with Crippen molar-refractivity contribution in [2.45, 2.75) is 39.8 Å². The quantitative estimate of drug-likeness (QED) is 0.236. The molecular formula is C33H35F3N6O2. The molecule has 1 aromatic heterocycles. The highest BCUT2D eigenvalue weighted by Crippen LogP contribution is 2.37. The molecule has 11 heteroatoms. The topological polar surface area (TPSA) is 84.8 Å². The van der Waals surface area contributed by atoms with Crippen LogP contribution >= 0.6 is 0 Å². The monoisotopic (exact) mass is 604 g/mol. The van der Waals surface area contributed by atoms with E-state index in [0.29, 0.717) is 30.0 Å². The number of nitrogens with one attached hydrogen (secondary N) is 1. The van der Waals surface area contributed by atoms with Crippen molar-refractivity contribution in [1.29, 1.82) is 0 Å². The van der Waals surface area contributed by atoms with Crippen LogP contribution < -0.4 is 15.1 Å². The summed E-state index contributed by atoms with van der Waals surface area (Å²) >= 11 is 0. The van der Waals surface area contributed by atoms with Gasteiger partial charge in [-0.1, -0.05) is 23.8 Å². The number of nitrogens with zero attached hydrogens (tertiary/aromatic N) is 5. The van der Waals surface area contributed by atoms with Gasteiger partial charge in [0.1, 0.15) is 11.6 Å². The minimum atomic E-state index is -1.36. The minimum absolute atomic E-state index is 0.00683. The van der Waals surface area contributed by atoms with Gasteiger partial charge in [0.05, 0.1) is 11.7 Å². The zero-order chi connectivity index (χ0) is 31.7. The predicted octanol–water partition coefficient (Wildman–Crippen LogP) is 6.98. The number of carbonyl (C=O) groups is 1. The maximum atomic E-state index is 15.2. The average Bonchev–Trinajstić information content (AvgIpc) is 2.95. The van der Waals surface area contributed by atoms with Crippen molar-refractivity contribution in [3.63, 3.8) is 0 Å². The number of aryl methyl sites for hydroxylation is 3. The molecule has 0 bridgehead atoms. The molecule has 8 nitrogen and oxygen atoms in total. The highest BCUT2D eigenvalue weighted by molar-refractivity contribution is 5.87. The molecule has 3 aromatic carbocycles. The van der Waals surface area contributed by atoms with E-state index in [9.17, 15) is 18.7 Å². The van der Waals surface area contributed by atoms with Crippen LogP contribution in [-0.2, 0) is 0 Å². The molecule has 1 aliphatic heterocycles. The van der Waals surface area contributed by atoms with Gasteiger partial charge in [-0.15, -0.1) is 0 Å². The number of likely N-dealkylation sites (N-methyl/N-ethyl adjacent to an activating group) is 1. The third-order valence-corrected chi connectivity index (χ3v) is 8.13. The molecule has 5 rings (SSSR count). The Balaban J connectivity index is 1.51. The van der Waals surface area contributed by atoms with Crippen LogP contribution in [0, 0.1) is 38.2 Å². The number of aromatic nitrogens is 2. The molecule has 0 aliphatic carbocycles. The summed E-state index contributed by atoms with van der Waals surface area (Å²) in [5, 5.41) is 13.5. The molecule has 2 N–H and O–H groups in total. The van der Waals surface area contributed by atoms with Crippen LogP contribution in [0.5, 0.6) is 0 Å². The van der Waals surface area contributed by atoms with Crippen molar-refractivity contribution in [2.24, 2.45) is 0 Å². The Morgan fingerprint density at radius 1 is 0.977 bits per heavy atom. The number of hydrogen-bond donors (Lipinski definition) is 2. The number of anilines is 4. The highest BCUT2D eigenvalue weighted by atomic mass is 19.2. The summed E-state index contributed by atoms with van der Waals surface area (Å²) in [6, 6.07) is 12.6. The molecule has 4 aromatic rings. The SMILES string of the molecule is Cc1cc(C)c(C(c2ccc(F)c(F)c2)N(C(=O)O)c2ccnc(Nc3ccc(N4CCN(C)C(C)C4)c(F)c3)n2)c(C)c1. The number of rotatable bonds is 7. The lowest BCUT2D eigenvalue weighted by molar-refractivity contribution is 0.200. The molecule has 0 spiro atoms. The van der Waals surface area contributed by atoms with E-state index in [2.05, 4.69) is 27.1 Å². The van der Waals surface area contributed by atoms with Gasteiger partial charge in [0.2, 0.25) is 5.95 Å². The number of amides is 1. The molecule has 230 valence electrons. The van der Waals surface area contributed by atoms with E-state index in [4.69, 9.17) is 0 Å². The largest absolute Gasteiger partial charge is 0.465 e. The van der Waals surface area contributed by atoms with Gasteiger partial charge in [0.25, 0.3) is 0 Å². The van der Waals surface area contributed by atoms with E-state index in [0.717, 1.165) is 40.3 Å². The van der Waals surface area contributed by atoms with Crippen LogP contribution in [0.1, 0.15) is 40.8 Å². The van der Waals surface area contributed by atoms with Crippen molar-refractivity contribution < 1.29 is 23.1 Å². The summed E-state index contributed by atoms with van der Waals surface area (Å²) in [6.45, 7) is 9.95. The predicted molar refractivity (Wildman–Crippen MR) is 165 cm³/mol. The first kappa shape index (κ1) is 30.8. The summed E-state index contributed by atoms with van der Waals surface area (Å²) in [6.07, 6.45) is 0.0225. The van der Waals surface area contributed by atoms with E-state index in [1.165, 1.54) is 24.4 Å². The minimum Gasteiger partial charge on any atom is -0.465 e. The van der Waals surface area contributed by atoms with E-state index in [-0.39, 0.29) is 23.4 Å². The molecule has 2 unspecified atom stereocenters. The van der Waals surface area contributed by atoms with Crippen LogP contribution in [0.15, 0.2) is 60.8 Å². The van der Waals surface area contributed by atoms with Gasteiger partial charge >= 0.3 is 6.09 Å². The van der Waals surface area contributed by atoms with E-state index in [1.807, 2.05) is 44.9 Å². The van der Waals surface area contributed by atoms with Crippen LogP contribution in [0.4, 0.5) is 41.1 Å². The first-order valence-electron chi connectivity index (χ1n) is 14.3. The second-order valence-electron chi connectivity index (χ2n) is 11.3. The third-order valence-electron chi connectivity index (χ3n) is 8.13. The maximum absolute atomic E-state index is 15.2. The number of benzene rings is 3. The Bertz CT molecular complexity index is 1680. The van der Waals surface area contributed by atoms with Gasteiger partial charge in [0, 0.05) is 37.6 Å². The molecule has 0 saturated carbocycles. The highest BCUT2D eigenvalue weighted by Gasteiger charge is 2.32. The fourth-order valence-corrected chi connectivity index (χ4v) is 5.87. The van der Waals surface area contributed by atoms with E-state index < -0.39 is 29.6 Å². The van der Waals surface area contributed by atoms with Gasteiger partial charge in [-0.25, -0.2) is 27.8 Å². The first-order valence-corrected chi connectivity index (χ1v) is 14.3. The lowest BCUT2D eigenvalue weighted by atomic mass is 9.89. The number of halogens is 3. The van der Waals surface area contributed by atoms with Gasteiger partial charge in [-0.2, -0.15) is 4.98 Å². The van der Waals surface area contributed by atoms with Crippen LogP contribution in [-0.4, -0.2) is 58.8 Å². The second kappa shape index (κ2) is 12.5. The average molecular weight is 605 g/mol. The smallest absolute Gasteiger partial charge is 0.413 e. The van der Waals surface area contributed by atoms with Crippen LogP contribution in [0.25, 0.3) is 0 Å².